The summed E-state index contributed by atoms with van der Waals surface area (Å²) in [6.45, 7) is 4.40. The maximum absolute atomic E-state index is 10.8. The fourth-order valence-corrected chi connectivity index (χ4v) is 2.87. The van der Waals surface area contributed by atoms with Gasteiger partial charge >= 0.3 is 0 Å². The van der Waals surface area contributed by atoms with Crippen LogP contribution in [0.15, 0.2) is 17.5 Å². The number of β-amino-alcohol motifs (C(OH)–C–C–N with tert-alkyl or cyclic N) is 1. The lowest BCUT2D eigenvalue weighted by atomic mass is 10.2. The first kappa shape index (κ1) is 13.5. The fraction of sp³-hybridized carbons (Fsp3) is 0.583. The van der Waals surface area contributed by atoms with Crippen molar-refractivity contribution in [2.45, 2.75) is 6.10 Å². The first-order valence-electron chi connectivity index (χ1n) is 6.09. The van der Waals surface area contributed by atoms with Crippen molar-refractivity contribution < 1.29 is 9.90 Å². The molecule has 3 N–H and O–H groups in total. The van der Waals surface area contributed by atoms with E-state index in [2.05, 4.69) is 9.80 Å². The van der Waals surface area contributed by atoms with Crippen LogP contribution < -0.4 is 5.73 Å². The van der Waals surface area contributed by atoms with E-state index in [9.17, 15) is 9.90 Å². The molecule has 1 aliphatic rings. The predicted octanol–water partition coefficient (Wildman–Crippen LogP) is -0.116. The van der Waals surface area contributed by atoms with Gasteiger partial charge in [-0.1, -0.05) is 6.07 Å². The summed E-state index contributed by atoms with van der Waals surface area (Å²) in [7, 11) is 0. The summed E-state index contributed by atoms with van der Waals surface area (Å²) < 4.78 is 0. The van der Waals surface area contributed by atoms with Gasteiger partial charge in [0, 0.05) is 37.6 Å². The van der Waals surface area contributed by atoms with Crippen LogP contribution in [0.5, 0.6) is 0 Å². The smallest absolute Gasteiger partial charge is 0.231 e. The van der Waals surface area contributed by atoms with Crippen molar-refractivity contribution in [1.82, 2.24) is 9.80 Å². The number of nitrogens with zero attached hydrogens (tertiary/aromatic N) is 2. The lowest BCUT2D eigenvalue weighted by molar-refractivity contribution is -0.119. The second-order valence-corrected chi connectivity index (χ2v) is 5.55. The first-order chi connectivity index (χ1) is 8.65. The molecule has 0 saturated carbocycles. The Kier molecular flexibility index (Phi) is 4.71. The number of hydrogen-bond acceptors (Lipinski definition) is 5. The molecule has 18 heavy (non-hydrogen) atoms. The topological polar surface area (TPSA) is 69.8 Å². The fourth-order valence-electron chi connectivity index (χ4n) is 2.17. The minimum Gasteiger partial charge on any atom is -0.386 e. The Balaban J connectivity index is 1.75. The van der Waals surface area contributed by atoms with Gasteiger partial charge in [-0.3, -0.25) is 14.6 Å². The number of thiophene rings is 1. The standard InChI is InChI=1S/C12H19N3O2S/c13-12(17)9-15-5-3-14(4-6-15)8-10(16)11-2-1-7-18-11/h1-2,7,10,16H,3-6,8-9H2,(H2,13,17)/t10-/m0/s1. The number of aliphatic hydroxyl groups is 1. The molecule has 1 atom stereocenters. The molecule has 1 aliphatic heterocycles. The third-order valence-corrected chi connectivity index (χ3v) is 4.12. The lowest BCUT2D eigenvalue weighted by Crippen LogP contribution is -2.49. The third kappa shape index (κ3) is 3.78. The predicted molar refractivity (Wildman–Crippen MR) is 71.4 cm³/mol. The van der Waals surface area contributed by atoms with Gasteiger partial charge < -0.3 is 10.8 Å². The molecule has 0 aliphatic carbocycles. The third-order valence-electron chi connectivity index (χ3n) is 3.15. The molecule has 1 fully saturated rings. The number of piperazine rings is 1. The largest absolute Gasteiger partial charge is 0.386 e. The number of rotatable bonds is 5. The van der Waals surface area contributed by atoms with Gasteiger partial charge in [0.25, 0.3) is 0 Å². The number of aliphatic hydroxyl groups excluding tert-OH is 1. The summed E-state index contributed by atoms with van der Waals surface area (Å²) in [4.78, 5) is 16.1. The van der Waals surface area contributed by atoms with Crippen molar-refractivity contribution in [3.05, 3.63) is 22.4 Å². The second kappa shape index (κ2) is 6.29. The summed E-state index contributed by atoms with van der Waals surface area (Å²) in [5.41, 5.74) is 5.17. The zero-order chi connectivity index (χ0) is 13.0. The van der Waals surface area contributed by atoms with Crippen LogP contribution >= 0.6 is 11.3 Å². The van der Waals surface area contributed by atoms with E-state index in [1.807, 2.05) is 17.5 Å². The van der Waals surface area contributed by atoms with Gasteiger partial charge in [-0.15, -0.1) is 11.3 Å². The number of carbonyl (C=O) groups is 1. The van der Waals surface area contributed by atoms with E-state index in [4.69, 9.17) is 5.73 Å². The number of carbonyl (C=O) groups excluding carboxylic acids is 1. The van der Waals surface area contributed by atoms with Gasteiger partial charge in [0.05, 0.1) is 6.54 Å². The minimum atomic E-state index is -0.410. The Morgan fingerprint density at radius 1 is 1.39 bits per heavy atom. The van der Waals surface area contributed by atoms with E-state index in [-0.39, 0.29) is 5.91 Å². The van der Waals surface area contributed by atoms with Crippen LogP contribution in [0.2, 0.25) is 0 Å². The Labute approximate surface area is 111 Å². The highest BCUT2D eigenvalue weighted by atomic mass is 32.1. The average Bonchev–Trinajstić information content (AvgIpc) is 2.84. The molecule has 1 amide bonds. The Bertz CT molecular complexity index is 375. The monoisotopic (exact) mass is 269 g/mol. The summed E-state index contributed by atoms with van der Waals surface area (Å²) >= 11 is 1.58. The first-order valence-corrected chi connectivity index (χ1v) is 6.97. The second-order valence-electron chi connectivity index (χ2n) is 4.57. The van der Waals surface area contributed by atoms with E-state index in [0.29, 0.717) is 13.1 Å². The molecule has 5 nitrogen and oxygen atoms in total. The highest BCUT2D eigenvalue weighted by Gasteiger charge is 2.20. The van der Waals surface area contributed by atoms with Crippen LogP contribution in [0.1, 0.15) is 11.0 Å². The number of hydrogen-bond donors (Lipinski definition) is 2. The van der Waals surface area contributed by atoms with E-state index >= 15 is 0 Å². The van der Waals surface area contributed by atoms with Crippen molar-refractivity contribution in [3.63, 3.8) is 0 Å². The van der Waals surface area contributed by atoms with Crippen LogP contribution in [0.25, 0.3) is 0 Å². The molecule has 0 aromatic carbocycles. The van der Waals surface area contributed by atoms with Crippen molar-refractivity contribution in [3.8, 4) is 0 Å². The van der Waals surface area contributed by atoms with Crippen molar-refractivity contribution >= 4 is 17.2 Å². The quantitative estimate of drug-likeness (QED) is 0.782. The zero-order valence-corrected chi connectivity index (χ0v) is 11.1. The number of nitrogens with two attached hydrogens (primary N) is 1. The molecular weight excluding hydrogens is 250 g/mol. The molecule has 0 unspecified atom stereocenters. The molecule has 2 rings (SSSR count). The maximum Gasteiger partial charge on any atom is 0.231 e. The summed E-state index contributed by atoms with van der Waals surface area (Å²) in [5, 5.41) is 12.0. The highest BCUT2D eigenvalue weighted by Crippen LogP contribution is 2.20. The van der Waals surface area contributed by atoms with Crippen LogP contribution in [-0.4, -0.2) is 60.1 Å². The van der Waals surface area contributed by atoms with E-state index in [1.54, 1.807) is 11.3 Å². The van der Waals surface area contributed by atoms with Crippen molar-refractivity contribution in [1.29, 1.82) is 0 Å². The molecule has 0 radical (unpaired) electrons. The van der Waals surface area contributed by atoms with Crippen LogP contribution in [0, 0.1) is 0 Å². The Morgan fingerprint density at radius 2 is 2.06 bits per heavy atom. The number of amides is 1. The molecular formula is C12H19N3O2S. The average molecular weight is 269 g/mol. The Morgan fingerprint density at radius 3 is 2.61 bits per heavy atom. The highest BCUT2D eigenvalue weighted by molar-refractivity contribution is 7.10. The van der Waals surface area contributed by atoms with Gasteiger partial charge in [-0.2, -0.15) is 0 Å². The van der Waals surface area contributed by atoms with Crippen molar-refractivity contribution in [2.75, 3.05) is 39.3 Å². The molecule has 100 valence electrons. The molecule has 0 spiro atoms. The molecule has 6 heteroatoms. The normalized spacial score (nSPS) is 19.8. The van der Waals surface area contributed by atoms with E-state index < -0.39 is 6.10 Å². The van der Waals surface area contributed by atoms with Gasteiger partial charge in [-0.25, -0.2) is 0 Å². The molecule has 1 aromatic heterocycles. The summed E-state index contributed by atoms with van der Waals surface area (Å²) in [6, 6.07) is 3.91. The lowest BCUT2D eigenvalue weighted by Gasteiger charge is -2.34. The summed E-state index contributed by atoms with van der Waals surface area (Å²) in [6.07, 6.45) is -0.410. The van der Waals surface area contributed by atoms with Crippen LogP contribution in [0.3, 0.4) is 0 Å². The van der Waals surface area contributed by atoms with Gasteiger partial charge in [-0.05, 0) is 11.4 Å². The van der Waals surface area contributed by atoms with E-state index in [0.717, 1.165) is 31.1 Å². The maximum atomic E-state index is 10.8. The van der Waals surface area contributed by atoms with E-state index in [1.165, 1.54) is 0 Å². The molecule has 1 aromatic rings. The SMILES string of the molecule is NC(=O)CN1CCN(C[C@H](O)c2cccs2)CC1. The van der Waals surface area contributed by atoms with Crippen LogP contribution in [0.4, 0.5) is 0 Å². The van der Waals surface area contributed by atoms with Crippen molar-refractivity contribution in [2.24, 2.45) is 5.73 Å². The summed E-state index contributed by atoms with van der Waals surface area (Å²) in [5.74, 6) is -0.276. The minimum absolute atomic E-state index is 0.276. The molecule has 0 bridgehead atoms. The van der Waals surface area contributed by atoms with Gasteiger partial charge in [0.15, 0.2) is 0 Å². The molecule has 1 saturated heterocycles. The number of primary amides is 1. The molecule has 2 heterocycles. The van der Waals surface area contributed by atoms with Gasteiger partial charge in [0.2, 0.25) is 5.91 Å². The van der Waals surface area contributed by atoms with Gasteiger partial charge in [0.1, 0.15) is 6.10 Å². The zero-order valence-electron chi connectivity index (χ0n) is 10.3. The van der Waals surface area contributed by atoms with Crippen LogP contribution in [-0.2, 0) is 4.79 Å². The Hall–Kier alpha value is -0.950.